The van der Waals surface area contributed by atoms with E-state index >= 15 is 0 Å². The highest BCUT2D eigenvalue weighted by Crippen LogP contribution is 2.33. The average Bonchev–Trinajstić information content (AvgIpc) is 2.74. The third kappa shape index (κ3) is 6.63. The van der Waals surface area contributed by atoms with E-state index in [0.29, 0.717) is 17.5 Å². The number of carbonyl (C=O) groups excluding carboxylic acids is 1. The lowest BCUT2D eigenvalue weighted by Gasteiger charge is -2.25. The van der Waals surface area contributed by atoms with Crippen molar-refractivity contribution in [3.8, 4) is 0 Å². The van der Waals surface area contributed by atoms with Crippen LogP contribution in [0.2, 0.25) is 0 Å². The van der Waals surface area contributed by atoms with Crippen LogP contribution in [0, 0.1) is 5.92 Å². The Morgan fingerprint density at radius 3 is 2.16 bits per heavy atom. The van der Waals surface area contributed by atoms with Crippen molar-refractivity contribution in [3.05, 3.63) is 59.7 Å². The van der Waals surface area contributed by atoms with Crippen LogP contribution in [-0.2, 0) is 14.8 Å². The van der Waals surface area contributed by atoms with Crippen LogP contribution in [0.1, 0.15) is 69.0 Å². The van der Waals surface area contributed by atoms with Gasteiger partial charge in [0.15, 0.2) is 0 Å². The molecule has 0 radical (unpaired) electrons. The number of rotatable bonds is 8. The molecule has 1 amide bonds. The number of anilines is 1. The summed E-state index contributed by atoms with van der Waals surface area (Å²) >= 11 is 0. The third-order valence-corrected chi connectivity index (χ3v) is 6.92. The molecule has 6 nitrogen and oxygen atoms in total. The summed E-state index contributed by atoms with van der Waals surface area (Å²) in [5.74, 6) is 0.815. The maximum Gasteiger partial charge on any atom is 0.238 e. The van der Waals surface area contributed by atoms with Gasteiger partial charge in [0.05, 0.1) is 11.4 Å². The van der Waals surface area contributed by atoms with Crippen LogP contribution in [0.25, 0.3) is 0 Å². The molecule has 0 aromatic heterocycles. The summed E-state index contributed by atoms with van der Waals surface area (Å²) in [6, 6.07) is 14.7. The molecule has 1 fully saturated rings. The fourth-order valence-electron chi connectivity index (χ4n) is 4.29. The van der Waals surface area contributed by atoms with Gasteiger partial charge in [0, 0.05) is 11.7 Å². The second-order valence-corrected chi connectivity index (χ2v) is 10.3. The van der Waals surface area contributed by atoms with E-state index in [4.69, 9.17) is 5.14 Å². The largest absolute Gasteiger partial charge is 0.325 e. The second kappa shape index (κ2) is 10.4. The van der Waals surface area contributed by atoms with Crippen LogP contribution in [0.4, 0.5) is 5.69 Å². The Morgan fingerprint density at radius 1 is 1.00 bits per heavy atom. The molecule has 0 saturated heterocycles. The monoisotopic (exact) mass is 443 g/mol. The zero-order valence-corrected chi connectivity index (χ0v) is 19.1. The summed E-state index contributed by atoms with van der Waals surface area (Å²) in [5, 5.41) is 11.2. The van der Waals surface area contributed by atoms with E-state index in [1.165, 1.54) is 67.5 Å². The van der Waals surface area contributed by atoms with Crippen molar-refractivity contribution in [2.24, 2.45) is 11.1 Å². The Labute approximate surface area is 185 Å². The first-order valence-electron chi connectivity index (χ1n) is 11.0. The van der Waals surface area contributed by atoms with E-state index in [1.807, 2.05) is 0 Å². The Bertz CT molecular complexity index is 964. The van der Waals surface area contributed by atoms with Crippen LogP contribution < -0.4 is 15.8 Å². The van der Waals surface area contributed by atoms with Gasteiger partial charge in [-0.05, 0) is 60.1 Å². The predicted octanol–water partition coefficient (Wildman–Crippen LogP) is 4.31. The van der Waals surface area contributed by atoms with Crippen molar-refractivity contribution < 1.29 is 13.2 Å². The van der Waals surface area contributed by atoms with Gasteiger partial charge in [0.2, 0.25) is 15.9 Å². The van der Waals surface area contributed by atoms with E-state index in [9.17, 15) is 13.2 Å². The highest BCUT2D eigenvalue weighted by atomic mass is 32.2. The zero-order chi connectivity index (χ0) is 22.4. The van der Waals surface area contributed by atoms with Gasteiger partial charge in [-0.1, -0.05) is 57.4 Å². The third-order valence-electron chi connectivity index (χ3n) is 5.99. The predicted molar refractivity (Wildman–Crippen MR) is 124 cm³/mol. The topological polar surface area (TPSA) is 101 Å². The fraction of sp³-hybridized carbons (Fsp3) is 0.458. The molecule has 0 aliphatic heterocycles. The molecule has 31 heavy (non-hydrogen) atoms. The van der Waals surface area contributed by atoms with Crippen molar-refractivity contribution in [3.63, 3.8) is 0 Å². The number of hydrogen-bond acceptors (Lipinski definition) is 4. The van der Waals surface area contributed by atoms with Crippen molar-refractivity contribution in [1.29, 1.82) is 0 Å². The number of amides is 1. The number of sulfonamides is 1. The molecule has 1 saturated carbocycles. The molecular weight excluding hydrogens is 410 g/mol. The van der Waals surface area contributed by atoms with Gasteiger partial charge in [-0.15, -0.1) is 0 Å². The smallest absolute Gasteiger partial charge is 0.238 e. The number of primary sulfonamides is 1. The van der Waals surface area contributed by atoms with Crippen molar-refractivity contribution >= 4 is 21.6 Å². The Kier molecular flexibility index (Phi) is 7.86. The van der Waals surface area contributed by atoms with E-state index in [0.717, 1.165) is 0 Å². The Morgan fingerprint density at radius 2 is 1.61 bits per heavy atom. The molecule has 0 spiro atoms. The molecule has 3 rings (SSSR count). The van der Waals surface area contributed by atoms with E-state index in [2.05, 4.69) is 48.7 Å². The summed E-state index contributed by atoms with van der Waals surface area (Å²) in [4.78, 5) is 12.4. The molecule has 0 heterocycles. The molecule has 2 aromatic rings. The van der Waals surface area contributed by atoms with Gasteiger partial charge in [-0.3, -0.25) is 4.79 Å². The number of carbonyl (C=O) groups is 1. The molecule has 7 heteroatoms. The van der Waals surface area contributed by atoms with Gasteiger partial charge in [0.1, 0.15) is 0 Å². The molecule has 0 bridgehead atoms. The van der Waals surface area contributed by atoms with Gasteiger partial charge < -0.3 is 10.6 Å². The minimum Gasteiger partial charge on any atom is -0.325 e. The first kappa shape index (κ1) is 23.4. The normalized spacial score (nSPS) is 16.3. The summed E-state index contributed by atoms with van der Waals surface area (Å²) in [6.45, 7) is 4.43. The van der Waals surface area contributed by atoms with Crippen LogP contribution in [-0.4, -0.2) is 20.9 Å². The van der Waals surface area contributed by atoms with Crippen molar-refractivity contribution in [2.45, 2.75) is 62.8 Å². The molecule has 1 aliphatic carbocycles. The van der Waals surface area contributed by atoms with Gasteiger partial charge in [-0.2, -0.15) is 0 Å². The summed E-state index contributed by atoms with van der Waals surface area (Å²) < 4.78 is 22.7. The first-order valence-corrected chi connectivity index (χ1v) is 12.5. The maximum absolute atomic E-state index is 12.4. The molecule has 4 N–H and O–H groups in total. The quantitative estimate of drug-likeness (QED) is 0.566. The number of hydrogen-bond donors (Lipinski definition) is 3. The van der Waals surface area contributed by atoms with Gasteiger partial charge in [0.25, 0.3) is 0 Å². The van der Waals surface area contributed by atoms with Crippen LogP contribution in [0.3, 0.4) is 0 Å². The van der Waals surface area contributed by atoms with Crippen LogP contribution >= 0.6 is 0 Å². The van der Waals surface area contributed by atoms with Crippen LogP contribution in [0.15, 0.2) is 53.4 Å². The van der Waals surface area contributed by atoms with E-state index in [1.54, 1.807) is 0 Å². The highest BCUT2D eigenvalue weighted by Gasteiger charge is 2.19. The molecular formula is C24H33N3O3S. The van der Waals surface area contributed by atoms with Gasteiger partial charge >= 0.3 is 0 Å². The molecule has 2 aromatic carbocycles. The lowest BCUT2D eigenvalue weighted by atomic mass is 9.83. The molecule has 1 aliphatic rings. The summed E-state index contributed by atoms with van der Waals surface area (Å²) in [6.07, 6.45) is 6.56. The van der Waals surface area contributed by atoms with Gasteiger partial charge in [-0.25, -0.2) is 13.6 Å². The zero-order valence-electron chi connectivity index (χ0n) is 18.3. The fourth-order valence-corrected chi connectivity index (χ4v) is 4.80. The molecule has 1 unspecified atom stereocenters. The van der Waals surface area contributed by atoms with Crippen molar-refractivity contribution in [2.75, 3.05) is 11.9 Å². The number of nitrogens with one attached hydrogen (secondary N) is 2. The highest BCUT2D eigenvalue weighted by molar-refractivity contribution is 7.89. The lowest BCUT2D eigenvalue weighted by Crippen LogP contribution is -2.33. The SMILES string of the molecule is CC(C)C(NCC(=O)Nc1ccc(S(N)(=O)=O)cc1)c1ccc(C2CCCCC2)cc1. The van der Waals surface area contributed by atoms with Crippen LogP contribution in [0.5, 0.6) is 0 Å². The van der Waals surface area contributed by atoms with E-state index in [-0.39, 0.29) is 23.4 Å². The van der Waals surface area contributed by atoms with Crippen molar-refractivity contribution in [1.82, 2.24) is 5.32 Å². The minimum absolute atomic E-state index is 0.0140. The Hall–Kier alpha value is -2.22. The Balaban J connectivity index is 1.58. The lowest BCUT2D eigenvalue weighted by molar-refractivity contribution is -0.115. The first-order chi connectivity index (χ1) is 14.7. The summed E-state index contributed by atoms with van der Waals surface area (Å²) in [7, 11) is -3.75. The summed E-state index contributed by atoms with van der Waals surface area (Å²) in [5.41, 5.74) is 3.13. The maximum atomic E-state index is 12.4. The molecule has 168 valence electrons. The standard InChI is InChI=1S/C24H33N3O3S/c1-17(2)24(20-10-8-19(9-11-20)18-6-4-3-5-7-18)26-16-23(28)27-21-12-14-22(15-13-21)31(25,29)30/h8-15,17-18,24,26H,3-7,16H2,1-2H3,(H,27,28)(H2,25,29,30). The van der Waals surface area contributed by atoms with E-state index < -0.39 is 10.0 Å². The average molecular weight is 444 g/mol. The second-order valence-electron chi connectivity index (χ2n) is 8.72. The number of benzene rings is 2. The molecule has 1 atom stereocenters. The minimum atomic E-state index is -3.75. The number of nitrogens with two attached hydrogens (primary N) is 1.